The molecule has 2 atom stereocenters. The van der Waals surface area contributed by atoms with Gasteiger partial charge in [0, 0.05) is 51.8 Å². The summed E-state index contributed by atoms with van der Waals surface area (Å²) >= 11 is 0. The van der Waals surface area contributed by atoms with Crippen LogP contribution in [0, 0.1) is 0 Å². The predicted molar refractivity (Wildman–Crippen MR) is 96.8 cm³/mol. The summed E-state index contributed by atoms with van der Waals surface area (Å²) in [6.07, 6.45) is 0.820. The van der Waals surface area contributed by atoms with Crippen molar-refractivity contribution in [1.82, 2.24) is 15.1 Å². The summed E-state index contributed by atoms with van der Waals surface area (Å²) in [5.41, 5.74) is 1.08. The second-order valence-corrected chi connectivity index (χ2v) is 6.78. The zero-order valence-electron chi connectivity index (χ0n) is 15.2. The zero-order chi connectivity index (χ0) is 17.6. The Morgan fingerprint density at radius 1 is 1.32 bits per heavy atom. The molecular formula is C19H29N3O3. The molecule has 6 heteroatoms. The van der Waals surface area contributed by atoms with E-state index >= 15 is 0 Å². The van der Waals surface area contributed by atoms with Gasteiger partial charge in [-0.3, -0.25) is 14.6 Å². The number of methoxy groups -OCH3 is 1. The first-order chi connectivity index (χ1) is 12.2. The van der Waals surface area contributed by atoms with E-state index in [9.17, 15) is 4.79 Å². The van der Waals surface area contributed by atoms with Gasteiger partial charge in [0.2, 0.25) is 5.91 Å². The summed E-state index contributed by atoms with van der Waals surface area (Å²) in [4.78, 5) is 17.4. The minimum atomic E-state index is -0.111. The number of para-hydroxylation sites is 1. The number of hydrogen-bond acceptors (Lipinski definition) is 5. The van der Waals surface area contributed by atoms with Crippen LogP contribution in [-0.4, -0.2) is 74.8 Å². The van der Waals surface area contributed by atoms with Crippen LogP contribution in [0.3, 0.4) is 0 Å². The van der Waals surface area contributed by atoms with E-state index in [1.54, 1.807) is 7.11 Å². The molecule has 1 amide bonds. The lowest BCUT2D eigenvalue weighted by molar-refractivity contribution is -0.127. The average molecular weight is 347 g/mol. The van der Waals surface area contributed by atoms with Crippen LogP contribution in [0.4, 0.5) is 0 Å². The molecule has 6 nitrogen and oxygen atoms in total. The minimum absolute atomic E-state index is 0.0443. The largest absolute Gasteiger partial charge is 0.493 e. The summed E-state index contributed by atoms with van der Waals surface area (Å²) < 4.78 is 10.8. The highest BCUT2D eigenvalue weighted by Crippen LogP contribution is 2.31. The van der Waals surface area contributed by atoms with Crippen LogP contribution in [0.25, 0.3) is 0 Å². The number of benzene rings is 1. The van der Waals surface area contributed by atoms with Gasteiger partial charge in [-0.05, 0) is 13.0 Å². The molecule has 0 unspecified atom stereocenters. The first-order valence-corrected chi connectivity index (χ1v) is 9.16. The molecule has 0 saturated carbocycles. The number of nitrogens with zero attached hydrogens (tertiary/aromatic N) is 2. The molecule has 1 aromatic rings. The highest BCUT2D eigenvalue weighted by molar-refractivity contribution is 5.82. The molecule has 0 radical (unpaired) electrons. The van der Waals surface area contributed by atoms with Crippen LogP contribution in [0.2, 0.25) is 0 Å². The molecule has 0 aliphatic carbocycles. The van der Waals surface area contributed by atoms with Gasteiger partial charge >= 0.3 is 0 Å². The highest BCUT2D eigenvalue weighted by Gasteiger charge is 2.29. The van der Waals surface area contributed by atoms with Gasteiger partial charge in [0.05, 0.1) is 25.3 Å². The fourth-order valence-corrected chi connectivity index (χ4v) is 3.54. The molecule has 1 fully saturated rings. The Bertz CT molecular complexity index is 573. The lowest BCUT2D eigenvalue weighted by atomic mass is 10.00. The van der Waals surface area contributed by atoms with Gasteiger partial charge in [-0.25, -0.2) is 0 Å². The maximum Gasteiger partial charge on any atom is 0.237 e. The second-order valence-electron chi connectivity index (χ2n) is 6.78. The van der Waals surface area contributed by atoms with Crippen molar-refractivity contribution < 1.29 is 14.3 Å². The van der Waals surface area contributed by atoms with Gasteiger partial charge in [0.1, 0.15) is 5.75 Å². The number of piperazine rings is 1. The van der Waals surface area contributed by atoms with Crippen molar-refractivity contribution in [2.24, 2.45) is 0 Å². The minimum Gasteiger partial charge on any atom is -0.493 e. The second kappa shape index (κ2) is 8.65. The number of rotatable bonds is 6. The molecule has 1 aromatic carbocycles. The van der Waals surface area contributed by atoms with Crippen molar-refractivity contribution in [3.63, 3.8) is 0 Å². The number of hydrogen-bond donors (Lipinski definition) is 1. The van der Waals surface area contributed by atoms with Crippen LogP contribution in [0.5, 0.6) is 5.75 Å². The molecule has 2 aliphatic heterocycles. The fraction of sp³-hybridized carbons (Fsp3) is 0.632. The fourth-order valence-electron chi connectivity index (χ4n) is 3.54. The predicted octanol–water partition coefficient (Wildman–Crippen LogP) is 1.28. The molecule has 25 heavy (non-hydrogen) atoms. The third-order valence-electron chi connectivity index (χ3n) is 5.22. The average Bonchev–Trinajstić information content (AvgIpc) is 2.66. The number of fused-ring (bicyclic) bond motifs is 1. The first-order valence-electron chi connectivity index (χ1n) is 9.16. The number of ether oxygens (including phenoxy) is 2. The highest BCUT2D eigenvalue weighted by atomic mass is 16.5. The standard InChI is InChI=1S/C19H29N3O3/c1-15(22-10-8-21(9-11-22)12-14-24-2)19(23)20-17-7-13-25-18-6-4-3-5-16(17)18/h3-6,15,17H,7-14H2,1-2H3,(H,20,23)/t15-,17-/m1/s1. The summed E-state index contributed by atoms with van der Waals surface area (Å²) in [5.74, 6) is 0.991. The van der Waals surface area contributed by atoms with E-state index in [2.05, 4.69) is 15.1 Å². The quantitative estimate of drug-likeness (QED) is 0.840. The molecule has 3 rings (SSSR count). The summed E-state index contributed by atoms with van der Waals surface area (Å²) in [5, 5.41) is 3.22. The van der Waals surface area contributed by atoms with Crippen molar-refractivity contribution in [3.8, 4) is 5.75 Å². The number of carbonyl (C=O) groups is 1. The lowest BCUT2D eigenvalue weighted by Crippen LogP contribution is -2.54. The van der Waals surface area contributed by atoms with Crippen molar-refractivity contribution in [2.45, 2.75) is 25.4 Å². The SMILES string of the molecule is COCCN1CCN([C@H](C)C(=O)N[C@@H]2CCOc3ccccc32)CC1. The Balaban J connectivity index is 1.52. The maximum absolute atomic E-state index is 12.7. The third-order valence-corrected chi connectivity index (χ3v) is 5.22. The number of amides is 1. The smallest absolute Gasteiger partial charge is 0.237 e. The molecule has 0 spiro atoms. The van der Waals surface area contributed by atoms with Crippen molar-refractivity contribution in [1.29, 1.82) is 0 Å². The molecule has 0 bridgehead atoms. The Morgan fingerprint density at radius 2 is 2.08 bits per heavy atom. The summed E-state index contributed by atoms with van der Waals surface area (Å²) in [6.45, 7) is 8.19. The normalized spacial score (nSPS) is 22.7. The lowest BCUT2D eigenvalue weighted by Gasteiger charge is -2.38. The molecule has 2 aliphatic rings. The van der Waals surface area contributed by atoms with E-state index in [1.807, 2.05) is 31.2 Å². The summed E-state index contributed by atoms with van der Waals surface area (Å²) in [6, 6.07) is 7.90. The Hall–Kier alpha value is -1.63. The van der Waals surface area contributed by atoms with E-state index < -0.39 is 0 Å². The van der Waals surface area contributed by atoms with E-state index in [0.717, 1.165) is 57.1 Å². The number of nitrogens with one attached hydrogen (secondary N) is 1. The molecule has 1 N–H and O–H groups in total. The zero-order valence-corrected chi connectivity index (χ0v) is 15.2. The van der Waals surface area contributed by atoms with Crippen LogP contribution in [0.1, 0.15) is 24.9 Å². The molecule has 138 valence electrons. The summed E-state index contributed by atoms with van der Waals surface area (Å²) in [7, 11) is 1.73. The number of carbonyl (C=O) groups excluding carboxylic acids is 1. The van der Waals surface area contributed by atoms with Gasteiger partial charge < -0.3 is 14.8 Å². The topological polar surface area (TPSA) is 54.0 Å². The van der Waals surface area contributed by atoms with E-state index in [0.29, 0.717) is 6.61 Å². The van der Waals surface area contributed by atoms with Gasteiger partial charge in [-0.1, -0.05) is 18.2 Å². The first kappa shape index (κ1) is 18.2. The van der Waals surface area contributed by atoms with Crippen molar-refractivity contribution in [2.75, 3.05) is 53.0 Å². The van der Waals surface area contributed by atoms with Crippen LogP contribution in [0.15, 0.2) is 24.3 Å². The van der Waals surface area contributed by atoms with E-state index in [-0.39, 0.29) is 18.0 Å². The van der Waals surface area contributed by atoms with Gasteiger partial charge in [-0.15, -0.1) is 0 Å². The van der Waals surface area contributed by atoms with Crippen LogP contribution < -0.4 is 10.1 Å². The Labute approximate surface area is 150 Å². The third kappa shape index (κ3) is 4.51. The van der Waals surface area contributed by atoms with Gasteiger partial charge in [0.25, 0.3) is 0 Å². The van der Waals surface area contributed by atoms with E-state index in [4.69, 9.17) is 9.47 Å². The van der Waals surface area contributed by atoms with Gasteiger partial charge in [0.15, 0.2) is 0 Å². The van der Waals surface area contributed by atoms with Crippen LogP contribution in [-0.2, 0) is 9.53 Å². The van der Waals surface area contributed by atoms with Crippen LogP contribution >= 0.6 is 0 Å². The monoisotopic (exact) mass is 347 g/mol. The van der Waals surface area contributed by atoms with Gasteiger partial charge in [-0.2, -0.15) is 0 Å². The Morgan fingerprint density at radius 3 is 2.84 bits per heavy atom. The van der Waals surface area contributed by atoms with E-state index in [1.165, 1.54) is 0 Å². The Kier molecular flexibility index (Phi) is 6.29. The maximum atomic E-state index is 12.7. The molecule has 2 heterocycles. The molecule has 0 aromatic heterocycles. The van der Waals surface area contributed by atoms with Crippen molar-refractivity contribution >= 4 is 5.91 Å². The molecular weight excluding hydrogens is 318 g/mol. The molecule has 1 saturated heterocycles. The van der Waals surface area contributed by atoms with Crippen molar-refractivity contribution in [3.05, 3.63) is 29.8 Å².